The monoisotopic (exact) mass is 485 g/mol. The van der Waals surface area contributed by atoms with Crippen LogP contribution in [-0.2, 0) is 17.9 Å². The molecule has 0 radical (unpaired) electrons. The first-order valence-corrected chi connectivity index (χ1v) is 11.5. The van der Waals surface area contributed by atoms with E-state index >= 15 is 0 Å². The van der Waals surface area contributed by atoms with Gasteiger partial charge < -0.3 is 24.2 Å². The summed E-state index contributed by atoms with van der Waals surface area (Å²) in [5.41, 5.74) is 2.71. The van der Waals surface area contributed by atoms with Gasteiger partial charge in [0, 0.05) is 21.2 Å². The maximum absolute atomic E-state index is 13.1. The van der Waals surface area contributed by atoms with Crippen molar-refractivity contribution in [3.63, 3.8) is 0 Å². The van der Waals surface area contributed by atoms with Gasteiger partial charge in [-0.1, -0.05) is 27.7 Å². The Labute approximate surface area is 189 Å². The van der Waals surface area contributed by atoms with Crippen LogP contribution in [-0.4, -0.2) is 25.7 Å². The molecule has 6 nitrogen and oxygen atoms in total. The number of halogens is 1. The van der Waals surface area contributed by atoms with E-state index in [-0.39, 0.29) is 24.1 Å². The zero-order valence-electron chi connectivity index (χ0n) is 17.2. The number of hydrogen-bond acceptors (Lipinski definition) is 5. The second kappa shape index (κ2) is 8.65. The summed E-state index contributed by atoms with van der Waals surface area (Å²) < 4.78 is 17.9. The van der Waals surface area contributed by atoms with E-state index in [0.717, 1.165) is 28.7 Å². The number of ketones is 1. The van der Waals surface area contributed by atoms with Crippen LogP contribution in [0.2, 0.25) is 0 Å². The number of Topliss-reactive ketones (excluding diaryl/α,β-unsaturated/α-hetero) is 1. The fraction of sp³-hybridized carbons (Fsp3) is 0.375. The van der Waals surface area contributed by atoms with Crippen molar-refractivity contribution < 1.29 is 29.0 Å². The average molecular weight is 486 g/mol. The number of quaternary nitrogens is 1. The Morgan fingerprint density at radius 2 is 1.90 bits per heavy atom. The third-order valence-corrected chi connectivity index (χ3v) is 6.58. The van der Waals surface area contributed by atoms with Crippen molar-refractivity contribution in [1.82, 2.24) is 0 Å². The highest BCUT2D eigenvalue weighted by atomic mass is 79.9. The van der Waals surface area contributed by atoms with Gasteiger partial charge in [-0.25, -0.2) is 0 Å². The van der Waals surface area contributed by atoms with Crippen LogP contribution < -0.4 is 19.5 Å². The van der Waals surface area contributed by atoms with E-state index in [1.165, 1.54) is 36.6 Å². The minimum Gasteiger partial charge on any atom is -0.872 e. The number of rotatable bonds is 3. The molecule has 162 valence electrons. The van der Waals surface area contributed by atoms with E-state index in [4.69, 9.17) is 14.2 Å². The molecule has 2 aromatic rings. The first-order valence-electron chi connectivity index (χ1n) is 10.7. The molecule has 1 N–H and O–H groups in total. The quantitative estimate of drug-likeness (QED) is 0.676. The van der Waals surface area contributed by atoms with Crippen molar-refractivity contribution in [3.8, 4) is 17.2 Å². The number of nitrogens with one attached hydrogen (secondary N) is 1. The summed E-state index contributed by atoms with van der Waals surface area (Å²) >= 11 is 3.51. The van der Waals surface area contributed by atoms with Gasteiger partial charge in [-0.05, 0) is 50.0 Å². The molecule has 7 heteroatoms. The third kappa shape index (κ3) is 4.10. The molecule has 3 aliphatic heterocycles. The number of benzene rings is 2. The molecule has 2 aromatic carbocycles. The molecule has 0 aromatic heterocycles. The van der Waals surface area contributed by atoms with Gasteiger partial charge in [0.2, 0.25) is 5.78 Å². The highest BCUT2D eigenvalue weighted by Crippen LogP contribution is 2.40. The summed E-state index contributed by atoms with van der Waals surface area (Å²) in [4.78, 5) is 14.5. The molecule has 0 spiro atoms. The van der Waals surface area contributed by atoms with Crippen LogP contribution in [0.3, 0.4) is 0 Å². The van der Waals surface area contributed by atoms with Gasteiger partial charge in [-0.15, -0.1) is 0 Å². The molecule has 3 aliphatic rings. The molecule has 0 saturated carbocycles. The number of carbonyl (C=O) groups excluding carboxylic acids is 1. The first kappa shape index (κ1) is 20.5. The Kier molecular flexibility index (Phi) is 5.73. The summed E-state index contributed by atoms with van der Waals surface area (Å²) in [5, 5.41) is 12.7. The molecule has 1 fully saturated rings. The van der Waals surface area contributed by atoms with Crippen LogP contribution in [0.4, 0.5) is 0 Å². The molecule has 0 bridgehead atoms. The molecule has 0 amide bonds. The fourth-order valence-electron chi connectivity index (χ4n) is 4.57. The predicted molar refractivity (Wildman–Crippen MR) is 116 cm³/mol. The topological polar surface area (TPSA) is 72.3 Å². The largest absolute Gasteiger partial charge is 0.872 e. The summed E-state index contributed by atoms with van der Waals surface area (Å²) in [6.07, 6.45) is 6.52. The molecule has 31 heavy (non-hydrogen) atoms. The lowest BCUT2D eigenvalue weighted by atomic mass is 10.0. The Balaban J connectivity index is 1.48. The van der Waals surface area contributed by atoms with Gasteiger partial charge in [0.05, 0.1) is 25.3 Å². The Morgan fingerprint density at radius 1 is 1.10 bits per heavy atom. The van der Waals surface area contributed by atoms with E-state index in [2.05, 4.69) is 15.9 Å². The Morgan fingerprint density at radius 3 is 2.71 bits per heavy atom. The summed E-state index contributed by atoms with van der Waals surface area (Å²) in [5.74, 6) is 1.05. The second-order valence-electron chi connectivity index (χ2n) is 8.29. The van der Waals surface area contributed by atoms with E-state index in [1.807, 2.05) is 12.1 Å². The molecular formula is C24H24BrNO5. The molecule has 0 atom stereocenters. The number of carbonyl (C=O) groups is 1. The van der Waals surface area contributed by atoms with Crippen LogP contribution in [0.15, 0.2) is 34.5 Å². The zero-order valence-corrected chi connectivity index (χ0v) is 18.8. The lowest BCUT2D eigenvalue weighted by molar-refractivity contribution is -0.913. The molecular weight excluding hydrogens is 462 g/mol. The van der Waals surface area contributed by atoms with Gasteiger partial charge >= 0.3 is 0 Å². The van der Waals surface area contributed by atoms with Crippen LogP contribution in [0.25, 0.3) is 6.08 Å². The average Bonchev–Trinajstić information content (AvgIpc) is 2.92. The van der Waals surface area contributed by atoms with Crippen LogP contribution in [0.1, 0.15) is 52.7 Å². The van der Waals surface area contributed by atoms with Crippen LogP contribution in [0, 0.1) is 0 Å². The van der Waals surface area contributed by atoms with E-state index in [1.54, 1.807) is 12.1 Å². The normalized spacial score (nSPS) is 20.0. The Hall–Kier alpha value is -2.35. The summed E-state index contributed by atoms with van der Waals surface area (Å²) in [7, 11) is 0. The lowest BCUT2D eigenvalue weighted by Gasteiger charge is -2.22. The van der Waals surface area contributed by atoms with E-state index < -0.39 is 0 Å². The minimum atomic E-state index is -0.206. The highest BCUT2D eigenvalue weighted by molar-refractivity contribution is 9.10. The molecule has 0 aliphatic carbocycles. The molecule has 0 unspecified atom stereocenters. The van der Waals surface area contributed by atoms with Crippen molar-refractivity contribution in [2.24, 2.45) is 0 Å². The van der Waals surface area contributed by atoms with Crippen molar-refractivity contribution in [3.05, 3.63) is 56.8 Å². The van der Waals surface area contributed by atoms with Crippen LogP contribution in [0.5, 0.6) is 17.2 Å². The zero-order chi connectivity index (χ0) is 21.4. The SMILES string of the molecule is O=C1/C(=C/c2cc(Br)cc3c2OCOC3)Oc2c1ccc([O-])c2C[NH+]1CCCCCC1. The van der Waals surface area contributed by atoms with Crippen molar-refractivity contribution in [1.29, 1.82) is 0 Å². The predicted octanol–water partition coefficient (Wildman–Crippen LogP) is 2.96. The van der Waals surface area contributed by atoms with E-state index in [0.29, 0.717) is 35.8 Å². The summed E-state index contributed by atoms with van der Waals surface area (Å²) in [6, 6.07) is 6.91. The maximum Gasteiger partial charge on any atom is 0.231 e. The van der Waals surface area contributed by atoms with Crippen molar-refractivity contribution in [2.45, 2.75) is 38.8 Å². The second-order valence-corrected chi connectivity index (χ2v) is 9.21. The Bertz CT molecular complexity index is 1060. The third-order valence-electron chi connectivity index (χ3n) is 6.13. The van der Waals surface area contributed by atoms with E-state index in [9.17, 15) is 9.90 Å². The number of fused-ring (bicyclic) bond motifs is 2. The molecule has 5 rings (SSSR count). The standard InChI is InChI=1S/C24H24BrNO5/c25-17-9-15(23-16(10-17)13-29-14-30-23)11-21-22(28)18-5-6-20(27)19(24(18)31-21)12-26-7-3-1-2-4-8-26/h5-6,9-11,27H,1-4,7-8,12-14H2/b21-11-. The van der Waals surface area contributed by atoms with Gasteiger partial charge in [0.15, 0.2) is 12.6 Å². The van der Waals surface area contributed by atoms with Gasteiger partial charge in [-0.3, -0.25) is 4.79 Å². The van der Waals surface area contributed by atoms with Crippen molar-refractivity contribution >= 4 is 27.8 Å². The van der Waals surface area contributed by atoms with Crippen LogP contribution >= 0.6 is 15.9 Å². The fourth-order valence-corrected chi connectivity index (χ4v) is 5.09. The number of hydrogen-bond donors (Lipinski definition) is 1. The maximum atomic E-state index is 13.1. The molecule has 3 heterocycles. The lowest BCUT2D eigenvalue weighted by Crippen LogP contribution is -3.10. The first-order chi connectivity index (χ1) is 15.1. The van der Waals surface area contributed by atoms with Gasteiger partial charge in [-0.2, -0.15) is 0 Å². The minimum absolute atomic E-state index is 0.0649. The number of allylic oxidation sites excluding steroid dienone is 1. The number of likely N-dealkylation sites (tertiary alicyclic amines) is 1. The summed E-state index contributed by atoms with van der Waals surface area (Å²) in [6.45, 7) is 3.30. The van der Waals surface area contributed by atoms with Gasteiger partial charge in [0.1, 0.15) is 18.0 Å². The van der Waals surface area contributed by atoms with Crippen molar-refractivity contribution in [2.75, 3.05) is 19.9 Å². The van der Waals surface area contributed by atoms with Gasteiger partial charge in [0.25, 0.3) is 0 Å². The smallest absolute Gasteiger partial charge is 0.231 e. The highest BCUT2D eigenvalue weighted by Gasteiger charge is 2.32. The number of ether oxygens (including phenoxy) is 3. The molecule has 1 saturated heterocycles.